The summed E-state index contributed by atoms with van der Waals surface area (Å²) in [5.74, 6) is 0.796. The van der Waals surface area contributed by atoms with Crippen molar-refractivity contribution in [3.63, 3.8) is 0 Å². The van der Waals surface area contributed by atoms with Gasteiger partial charge in [0.05, 0.1) is 10.3 Å². The summed E-state index contributed by atoms with van der Waals surface area (Å²) in [6.07, 6.45) is 1.54. The van der Waals surface area contributed by atoms with E-state index in [-0.39, 0.29) is 5.69 Å². The van der Waals surface area contributed by atoms with Crippen molar-refractivity contribution in [2.75, 3.05) is 11.9 Å². The summed E-state index contributed by atoms with van der Waals surface area (Å²) in [6, 6.07) is 4.46. The number of halogens is 1. The van der Waals surface area contributed by atoms with E-state index in [1.807, 2.05) is 11.9 Å². The zero-order valence-corrected chi connectivity index (χ0v) is 15.0. The number of nitro groups is 1. The number of non-ortho nitro benzene ring substituents is 1. The maximum atomic E-state index is 11.0. The number of nitrogens with zero attached hydrogens (tertiary/aromatic N) is 4. The van der Waals surface area contributed by atoms with Gasteiger partial charge in [0, 0.05) is 35.6 Å². The van der Waals surface area contributed by atoms with Gasteiger partial charge in [-0.25, -0.2) is 9.97 Å². The molecule has 0 aliphatic rings. The summed E-state index contributed by atoms with van der Waals surface area (Å²) >= 11 is 7.84. The minimum Gasteiger partial charge on any atom is -0.355 e. The second kappa shape index (κ2) is 6.33. The quantitative estimate of drug-likeness (QED) is 0.504. The molecule has 0 unspecified atom stereocenters. The first-order valence-corrected chi connectivity index (χ1v) is 8.42. The summed E-state index contributed by atoms with van der Waals surface area (Å²) in [5.41, 5.74) is 1.87. The molecule has 6 nitrogen and oxygen atoms in total. The number of benzene rings is 1. The Morgan fingerprint density at radius 1 is 1.33 bits per heavy atom. The number of anilines is 1. The minimum atomic E-state index is -0.422. The normalized spacial score (nSPS) is 11.0. The van der Waals surface area contributed by atoms with Crippen molar-refractivity contribution in [1.29, 1.82) is 0 Å². The van der Waals surface area contributed by atoms with Crippen LogP contribution in [-0.2, 0) is 6.54 Å². The van der Waals surface area contributed by atoms with Crippen LogP contribution in [0.25, 0.3) is 10.2 Å². The Balaban J connectivity index is 2.01. The van der Waals surface area contributed by atoms with Crippen molar-refractivity contribution in [3.05, 3.63) is 55.7 Å². The molecule has 3 aromatic rings. The molecule has 1 aromatic carbocycles. The molecule has 8 heteroatoms. The summed E-state index contributed by atoms with van der Waals surface area (Å²) in [5, 5.41) is 12.5. The minimum absolute atomic E-state index is 0.0261. The topological polar surface area (TPSA) is 72.2 Å². The van der Waals surface area contributed by atoms with Crippen LogP contribution in [0.2, 0.25) is 5.02 Å². The molecule has 0 atom stereocenters. The second-order valence-electron chi connectivity index (χ2n) is 5.55. The molecular weight excluding hydrogens is 348 g/mol. The monoisotopic (exact) mass is 362 g/mol. The first kappa shape index (κ1) is 16.6. The van der Waals surface area contributed by atoms with Gasteiger partial charge in [0.1, 0.15) is 17.0 Å². The molecule has 0 aliphatic heterocycles. The predicted octanol–water partition coefficient (Wildman–Crippen LogP) is 4.51. The van der Waals surface area contributed by atoms with Crippen molar-refractivity contribution in [2.45, 2.75) is 20.4 Å². The van der Waals surface area contributed by atoms with Crippen molar-refractivity contribution >= 4 is 44.7 Å². The molecule has 0 spiro atoms. The van der Waals surface area contributed by atoms with Gasteiger partial charge in [-0.3, -0.25) is 10.1 Å². The second-order valence-corrected chi connectivity index (χ2v) is 7.16. The van der Waals surface area contributed by atoms with Crippen LogP contribution in [0.1, 0.15) is 16.0 Å². The summed E-state index contributed by atoms with van der Waals surface area (Å²) in [6.45, 7) is 4.53. The Bertz CT molecular complexity index is 941. The molecule has 0 radical (unpaired) electrons. The van der Waals surface area contributed by atoms with E-state index in [4.69, 9.17) is 11.6 Å². The summed E-state index contributed by atoms with van der Waals surface area (Å²) in [4.78, 5) is 23.4. The molecule has 24 heavy (non-hydrogen) atoms. The lowest BCUT2D eigenvalue weighted by atomic mass is 10.1. The lowest BCUT2D eigenvalue weighted by Crippen LogP contribution is -2.18. The van der Waals surface area contributed by atoms with E-state index in [0.717, 1.165) is 21.6 Å². The third-order valence-electron chi connectivity index (χ3n) is 3.95. The first-order chi connectivity index (χ1) is 11.4. The standard InChI is InChI=1S/C16H15ClN4O2S/c1-9-10(2)24-16-14(9)15(18-8-19-16)20(3)7-11-6-12(21(22)23)4-5-13(11)17/h4-6,8H,7H2,1-3H3. The van der Waals surface area contributed by atoms with E-state index < -0.39 is 4.92 Å². The zero-order chi connectivity index (χ0) is 17.4. The number of aryl methyl sites for hydroxylation is 2. The average Bonchev–Trinajstić information content (AvgIpc) is 2.84. The van der Waals surface area contributed by atoms with Crippen LogP contribution in [0, 0.1) is 24.0 Å². The van der Waals surface area contributed by atoms with E-state index in [1.54, 1.807) is 23.7 Å². The first-order valence-electron chi connectivity index (χ1n) is 7.23. The van der Waals surface area contributed by atoms with Crippen LogP contribution >= 0.6 is 22.9 Å². The molecule has 3 rings (SSSR count). The van der Waals surface area contributed by atoms with Gasteiger partial charge in [0.25, 0.3) is 5.69 Å². The Labute approximate surface area is 147 Å². The fourth-order valence-electron chi connectivity index (χ4n) is 2.58. The molecule has 2 heterocycles. The zero-order valence-electron chi connectivity index (χ0n) is 13.4. The molecule has 0 amide bonds. The highest BCUT2D eigenvalue weighted by Gasteiger charge is 2.17. The Hall–Kier alpha value is -2.25. The van der Waals surface area contributed by atoms with Crippen LogP contribution in [0.5, 0.6) is 0 Å². The lowest BCUT2D eigenvalue weighted by molar-refractivity contribution is -0.384. The Kier molecular flexibility index (Phi) is 4.38. The molecule has 124 valence electrons. The smallest absolute Gasteiger partial charge is 0.269 e. The number of aromatic nitrogens is 2. The highest BCUT2D eigenvalue weighted by Crippen LogP contribution is 2.34. The highest BCUT2D eigenvalue weighted by atomic mass is 35.5. The molecule has 2 aromatic heterocycles. The third-order valence-corrected chi connectivity index (χ3v) is 5.44. The maximum Gasteiger partial charge on any atom is 0.269 e. The van der Waals surface area contributed by atoms with Gasteiger partial charge in [0.15, 0.2) is 0 Å². The molecule has 0 fully saturated rings. The van der Waals surface area contributed by atoms with Gasteiger partial charge in [0.2, 0.25) is 0 Å². The predicted molar refractivity (Wildman–Crippen MR) is 97.1 cm³/mol. The Morgan fingerprint density at radius 2 is 2.08 bits per heavy atom. The molecular formula is C16H15ClN4O2S. The summed E-state index contributed by atoms with van der Waals surface area (Å²) < 4.78 is 0. The fraction of sp³-hybridized carbons (Fsp3) is 0.250. The van der Waals surface area contributed by atoms with Crippen LogP contribution in [0.4, 0.5) is 11.5 Å². The number of fused-ring (bicyclic) bond motifs is 1. The van der Waals surface area contributed by atoms with Crippen molar-refractivity contribution in [1.82, 2.24) is 9.97 Å². The fourth-order valence-corrected chi connectivity index (χ4v) is 3.75. The van der Waals surface area contributed by atoms with Crippen molar-refractivity contribution < 1.29 is 4.92 Å². The van der Waals surface area contributed by atoms with Crippen molar-refractivity contribution in [2.24, 2.45) is 0 Å². The van der Waals surface area contributed by atoms with Gasteiger partial charge in [-0.1, -0.05) is 11.6 Å². The number of nitro benzene ring substituents is 1. The van der Waals surface area contributed by atoms with E-state index in [2.05, 4.69) is 23.8 Å². The SMILES string of the molecule is Cc1sc2ncnc(N(C)Cc3cc([N+](=O)[O-])ccc3Cl)c2c1C. The van der Waals surface area contributed by atoms with Gasteiger partial charge < -0.3 is 4.90 Å². The van der Waals surface area contributed by atoms with Crippen LogP contribution in [-0.4, -0.2) is 21.9 Å². The largest absolute Gasteiger partial charge is 0.355 e. The van der Waals surface area contributed by atoms with Crippen LogP contribution in [0.15, 0.2) is 24.5 Å². The van der Waals surface area contributed by atoms with Crippen LogP contribution < -0.4 is 4.90 Å². The maximum absolute atomic E-state index is 11.0. The number of hydrogen-bond donors (Lipinski definition) is 0. The molecule has 0 N–H and O–H groups in total. The highest BCUT2D eigenvalue weighted by molar-refractivity contribution is 7.18. The Morgan fingerprint density at radius 3 is 2.79 bits per heavy atom. The number of rotatable bonds is 4. The molecule has 0 aliphatic carbocycles. The van der Waals surface area contributed by atoms with E-state index in [1.165, 1.54) is 17.0 Å². The average molecular weight is 363 g/mol. The lowest BCUT2D eigenvalue weighted by Gasteiger charge is -2.20. The van der Waals surface area contributed by atoms with Gasteiger partial charge >= 0.3 is 0 Å². The van der Waals surface area contributed by atoms with Gasteiger partial charge in [-0.05, 0) is 31.0 Å². The van der Waals surface area contributed by atoms with E-state index in [9.17, 15) is 10.1 Å². The molecule has 0 bridgehead atoms. The van der Waals surface area contributed by atoms with Gasteiger partial charge in [-0.2, -0.15) is 0 Å². The van der Waals surface area contributed by atoms with Crippen LogP contribution in [0.3, 0.4) is 0 Å². The van der Waals surface area contributed by atoms with Crippen molar-refractivity contribution in [3.8, 4) is 0 Å². The number of hydrogen-bond acceptors (Lipinski definition) is 6. The van der Waals surface area contributed by atoms with E-state index >= 15 is 0 Å². The van der Waals surface area contributed by atoms with E-state index in [0.29, 0.717) is 17.1 Å². The molecule has 0 saturated carbocycles. The number of thiophene rings is 1. The third kappa shape index (κ3) is 2.92. The summed E-state index contributed by atoms with van der Waals surface area (Å²) in [7, 11) is 1.89. The van der Waals surface area contributed by atoms with Gasteiger partial charge in [-0.15, -0.1) is 11.3 Å². The molecule has 0 saturated heterocycles.